The number of methoxy groups -OCH3 is 1. The van der Waals surface area contributed by atoms with E-state index in [0.717, 1.165) is 64.9 Å². The molecular formula is C46H52N10O8. The average Bonchev–Trinajstić information content (AvgIpc) is 3.94. The van der Waals surface area contributed by atoms with E-state index in [4.69, 9.17) is 34.1 Å². The number of aromatic nitrogens is 6. The van der Waals surface area contributed by atoms with Gasteiger partial charge < -0.3 is 44.4 Å². The Bertz CT molecular complexity index is 2640. The molecule has 18 heteroatoms. The number of carboxylic acid groups (broad SMARTS) is 1. The molecule has 4 aliphatic heterocycles. The number of aromatic amines is 2. The predicted octanol–water partition coefficient (Wildman–Crippen LogP) is 5.44. The SMILES string of the molecule is COC(=O)N[C@H](C(=O)N1[C@@H]2C[C@@H]2C[C@H]1c1nc2ccc(-c3cnc4cc(-c5cnc([C@@H]6C[C@H]7C[C@H]7N6C(=O)[C@H](C6CCOCC6)N(C)C(=O)O)[nH]5)ccc4n3)cc2[nH]1)C1CCOCC1. The smallest absolute Gasteiger partial charge is 0.407 e. The fraction of sp³-hybridized carbons (Fsp3) is 0.522. The van der Waals surface area contributed by atoms with E-state index in [0.29, 0.717) is 81.0 Å². The number of nitrogens with one attached hydrogen (secondary N) is 3. The molecule has 7 heterocycles. The number of amides is 4. The Morgan fingerprint density at radius 1 is 0.766 bits per heavy atom. The van der Waals surface area contributed by atoms with Gasteiger partial charge in [-0.3, -0.25) is 19.5 Å². The van der Waals surface area contributed by atoms with Crippen LogP contribution >= 0.6 is 0 Å². The Hall–Kier alpha value is -6.14. The van der Waals surface area contributed by atoms with Crippen molar-refractivity contribution in [3.8, 4) is 22.5 Å². The highest BCUT2D eigenvalue weighted by Crippen LogP contribution is 2.55. The number of ether oxygens (including phenoxy) is 3. The van der Waals surface area contributed by atoms with Crippen molar-refractivity contribution in [3.63, 3.8) is 0 Å². The molecule has 6 aliphatic rings. The molecule has 11 rings (SSSR count). The molecule has 4 saturated heterocycles. The zero-order chi connectivity index (χ0) is 43.8. The molecule has 2 saturated carbocycles. The van der Waals surface area contributed by atoms with Crippen LogP contribution in [0.15, 0.2) is 48.8 Å². The van der Waals surface area contributed by atoms with Crippen molar-refractivity contribution < 1.29 is 38.5 Å². The number of hydrogen-bond acceptors (Lipinski definition) is 11. The normalized spacial score (nSPS) is 26.3. The Balaban J connectivity index is 0.808. The first kappa shape index (κ1) is 40.6. The van der Waals surface area contributed by atoms with Crippen LogP contribution in [0, 0.1) is 23.7 Å². The van der Waals surface area contributed by atoms with E-state index in [1.54, 1.807) is 12.4 Å². The van der Waals surface area contributed by atoms with Crippen LogP contribution in [0.3, 0.4) is 0 Å². The van der Waals surface area contributed by atoms with Crippen LogP contribution in [0.4, 0.5) is 9.59 Å². The van der Waals surface area contributed by atoms with Crippen molar-refractivity contribution >= 4 is 46.1 Å². The number of carbonyl (C=O) groups excluding carboxylic acids is 3. The second-order valence-corrected chi connectivity index (χ2v) is 18.5. The van der Waals surface area contributed by atoms with Crippen LogP contribution in [0.25, 0.3) is 44.6 Å². The number of H-pyrrole nitrogens is 2. The summed E-state index contributed by atoms with van der Waals surface area (Å²) in [6.07, 6.45) is 7.93. The van der Waals surface area contributed by atoms with E-state index in [-0.39, 0.29) is 47.8 Å². The fourth-order valence-corrected chi connectivity index (χ4v) is 11.1. The maximum absolute atomic E-state index is 14.3. The van der Waals surface area contributed by atoms with Gasteiger partial charge in [0.1, 0.15) is 23.7 Å². The number of nitrogens with zero attached hydrogens (tertiary/aromatic N) is 7. The van der Waals surface area contributed by atoms with Crippen molar-refractivity contribution in [3.05, 3.63) is 60.4 Å². The van der Waals surface area contributed by atoms with Gasteiger partial charge in [-0.1, -0.05) is 12.1 Å². The fourth-order valence-electron chi connectivity index (χ4n) is 11.1. The number of carbonyl (C=O) groups is 4. The Morgan fingerprint density at radius 3 is 2.12 bits per heavy atom. The lowest BCUT2D eigenvalue weighted by Crippen LogP contribution is -2.54. The van der Waals surface area contributed by atoms with Crippen molar-refractivity contribution in [1.82, 2.24) is 49.9 Å². The summed E-state index contributed by atoms with van der Waals surface area (Å²) in [5, 5.41) is 12.8. The van der Waals surface area contributed by atoms with Gasteiger partial charge in [-0.05, 0) is 99.3 Å². The first-order valence-corrected chi connectivity index (χ1v) is 22.6. The van der Waals surface area contributed by atoms with Gasteiger partial charge in [-0.15, -0.1) is 0 Å². The molecule has 6 fully saturated rings. The van der Waals surface area contributed by atoms with Crippen molar-refractivity contribution in [1.29, 1.82) is 0 Å². The number of likely N-dealkylation sites (N-methyl/N-ethyl adjacent to an activating group) is 1. The largest absolute Gasteiger partial charge is 0.465 e. The number of benzene rings is 2. The standard InChI is InChI=1S/C46H52N10O8/c1-54(46(60)61)40(24-9-13-64-14-10-24)44(58)56-36-18-27(36)19-37(56)41-48-22-34(52-41)25-3-5-29-31(15-25)47-21-33(49-29)26-4-6-30-32(16-26)51-42(50-30)38-20-28-17-35(28)55(38)43(57)39(53-45(59)62-2)23-7-11-63-12-8-23/h3-6,15-16,21-24,27-28,35-40H,7-14,17-20H2,1-2H3,(H,48,52)(H,50,51)(H,53,59)(H,60,61)/t27-,28-,35-,36-,37+,38+,39+,40+/m1/s1. The highest BCUT2D eigenvalue weighted by Gasteiger charge is 2.58. The number of alkyl carbamates (subject to hydrolysis) is 1. The Labute approximate surface area is 368 Å². The second kappa shape index (κ2) is 16.1. The molecule has 4 N–H and O–H groups in total. The maximum atomic E-state index is 14.3. The second-order valence-electron chi connectivity index (χ2n) is 18.5. The van der Waals surface area contributed by atoms with Gasteiger partial charge in [0.25, 0.3) is 0 Å². The van der Waals surface area contributed by atoms with Crippen molar-refractivity contribution in [2.45, 2.75) is 87.6 Å². The minimum absolute atomic E-state index is 0.0420. The molecule has 2 aliphatic carbocycles. The van der Waals surface area contributed by atoms with Gasteiger partial charge in [-0.25, -0.2) is 24.5 Å². The van der Waals surface area contributed by atoms with Crippen LogP contribution < -0.4 is 5.32 Å². The molecule has 2 aromatic carbocycles. The van der Waals surface area contributed by atoms with E-state index < -0.39 is 24.3 Å². The summed E-state index contributed by atoms with van der Waals surface area (Å²) < 4.78 is 16.0. The number of hydrogen-bond donors (Lipinski definition) is 4. The average molecular weight is 873 g/mol. The summed E-state index contributed by atoms with van der Waals surface area (Å²) in [7, 11) is 2.81. The van der Waals surface area contributed by atoms with Crippen LogP contribution in [0.1, 0.15) is 75.1 Å². The Kier molecular flexibility index (Phi) is 10.2. The lowest BCUT2D eigenvalue weighted by atomic mass is 9.89. The molecule has 0 spiro atoms. The molecule has 4 amide bonds. The quantitative estimate of drug-likeness (QED) is 0.138. The number of likely N-dealkylation sites (tertiary alicyclic amines) is 2. The summed E-state index contributed by atoms with van der Waals surface area (Å²) in [6, 6.07) is 10.1. The molecule has 3 aromatic heterocycles. The summed E-state index contributed by atoms with van der Waals surface area (Å²) in [6.45, 7) is 2.14. The minimum Gasteiger partial charge on any atom is -0.465 e. The van der Waals surface area contributed by atoms with Crippen LogP contribution in [-0.2, 0) is 23.8 Å². The molecule has 0 unspecified atom stereocenters. The highest BCUT2D eigenvalue weighted by atomic mass is 16.5. The first-order chi connectivity index (χ1) is 31.1. The lowest BCUT2D eigenvalue weighted by Gasteiger charge is -2.38. The lowest BCUT2D eigenvalue weighted by molar-refractivity contribution is -0.141. The summed E-state index contributed by atoms with van der Waals surface area (Å²) in [4.78, 5) is 84.8. The van der Waals surface area contributed by atoms with E-state index >= 15 is 0 Å². The van der Waals surface area contributed by atoms with Gasteiger partial charge >= 0.3 is 12.2 Å². The molecule has 334 valence electrons. The number of piperidine rings is 2. The zero-order valence-corrected chi connectivity index (χ0v) is 35.8. The number of rotatable bonds is 10. The van der Waals surface area contributed by atoms with E-state index in [1.807, 2.05) is 46.2 Å². The first-order valence-electron chi connectivity index (χ1n) is 22.6. The molecule has 5 aromatic rings. The van der Waals surface area contributed by atoms with Gasteiger partial charge in [0.15, 0.2) is 0 Å². The van der Waals surface area contributed by atoms with Crippen LogP contribution in [0.5, 0.6) is 0 Å². The third-order valence-corrected chi connectivity index (χ3v) is 14.7. The molecule has 18 nitrogen and oxygen atoms in total. The Morgan fingerprint density at radius 2 is 1.42 bits per heavy atom. The number of fused-ring (bicyclic) bond motifs is 4. The van der Waals surface area contributed by atoms with Gasteiger partial charge in [-0.2, -0.15) is 0 Å². The zero-order valence-electron chi connectivity index (χ0n) is 35.8. The molecule has 0 radical (unpaired) electrons. The molecule has 8 atom stereocenters. The predicted molar refractivity (Wildman–Crippen MR) is 230 cm³/mol. The van der Waals surface area contributed by atoms with Crippen molar-refractivity contribution in [2.75, 3.05) is 40.6 Å². The van der Waals surface area contributed by atoms with Gasteiger partial charge in [0, 0.05) is 56.7 Å². The van der Waals surface area contributed by atoms with Crippen LogP contribution in [-0.4, -0.2) is 138 Å². The highest BCUT2D eigenvalue weighted by molar-refractivity contribution is 5.89. The molecule has 64 heavy (non-hydrogen) atoms. The van der Waals surface area contributed by atoms with Gasteiger partial charge in [0.2, 0.25) is 11.8 Å². The van der Waals surface area contributed by atoms with E-state index in [2.05, 4.69) is 15.3 Å². The monoisotopic (exact) mass is 872 g/mol. The molecule has 0 bridgehead atoms. The molecular weight excluding hydrogens is 821 g/mol. The van der Waals surface area contributed by atoms with Crippen LogP contribution in [0.2, 0.25) is 0 Å². The summed E-state index contributed by atoms with van der Waals surface area (Å²) in [5.41, 5.74) is 6.28. The maximum Gasteiger partial charge on any atom is 0.407 e. The minimum atomic E-state index is -1.11. The topological polar surface area (TPSA) is 221 Å². The summed E-state index contributed by atoms with van der Waals surface area (Å²) in [5.74, 6) is 1.81. The third-order valence-electron chi connectivity index (χ3n) is 14.7. The third kappa shape index (κ3) is 7.29. The van der Waals surface area contributed by atoms with Crippen molar-refractivity contribution in [2.24, 2.45) is 23.7 Å². The van der Waals surface area contributed by atoms with E-state index in [1.165, 1.54) is 19.1 Å². The summed E-state index contributed by atoms with van der Waals surface area (Å²) >= 11 is 0. The number of imidazole rings is 2. The van der Waals surface area contributed by atoms with Gasteiger partial charge in [0.05, 0.1) is 65.0 Å². The van der Waals surface area contributed by atoms with E-state index in [9.17, 15) is 24.3 Å².